The van der Waals surface area contributed by atoms with Crippen LogP contribution in [0, 0.1) is 6.92 Å². The Morgan fingerprint density at radius 2 is 1.61 bits per heavy atom. The Balaban J connectivity index is 1.50. The Labute approximate surface area is 204 Å². The summed E-state index contributed by atoms with van der Waals surface area (Å²) < 4.78 is 0. The van der Waals surface area contributed by atoms with E-state index in [2.05, 4.69) is 10.3 Å². The fourth-order valence-corrected chi connectivity index (χ4v) is 4.53. The maximum Gasteiger partial charge on any atom is 0.258 e. The van der Waals surface area contributed by atoms with E-state index in [9.17, 15) is 4.79 Å². The number of para-hydroxylation sites is 1. The van der Waals surface area contributed by atoms with Gasteiger partial charge in [-0.2, -0.15) is 0 Å². The van der Waals surface area contributed by atoms with Gasteiger partial charge in [0, 0.05) is 21.9 Å². The lowest BCUT2D eigenvalue weighted by Crippen LogP contribution is -2.13. The minimum Gasteiger partial charge on any atom is -0.298 e. The van der Waals surface area contributed by atoms with Crippen molar-refractivity contribution in [2.45, 2.75) is 6.92 Å². The Kier molecular flexibility index (Phi) is 5.85. The molecule has 0 saturated carbocycles. The minimum absolute atomic E-state index is 0.250. The number of aryl methyl sites for hydroxylation is 1. The number of nitrogens with one attached hydrogen (secondary N) is 1. The van der Waals surface area contributed by atoms with Crippen molar-refractivity contribution in [3.63, 3.8) is 0 Å². The first kappa shape index (κ1) is 21.6. The van der Waals surface area contributed by atoms with E-state index in [1.165, 1.54) is 16.9 Å². The van der Waals surface area contributed by atoms with Crippen LogP contribution in [0.3, 0.4) is 0 Å². The van der Waals surface area contributed by atoms with Crippen molar-refractivity contribution < 1.29 is 4.79 Å². The smallest absolute Gasteiger partial charge is 0.258 e. The van der Waals surface area contributed by atoms with Crippen molar-refractivity contribution in [3.8, 4) is 22.5 Å². The lowest BCUT2D eigenvalue weighted by atomic mass is 10.0. The second-order valence-electron chi connectivity index (χ2n) is 7.56. The van der Waals surface area contributed by atoms with Gasteiger partial charge in [-0.1, -0.05) is 77.3 Å². The van der Waals surface area contributed by atoms with Gasteiger partial charge >= 0.3 is 0 Å². The molecule has 162 valence electrons. The third kappa shape index (κ3) is 4.48. The number of carbonyl (C=O) groups is 1. The molecule has 3 aromatic carbocycles. The number of rotatable bonds is 4. The van der Waals surface area contributed by atoms with Gasteiger partial charge in [-0.3, -0.25) is 10.1 Å². The number of carbonyl (C=O) groups excluding carboxylic acids is 1. The molecule has 0 bridgehead atoms. The number of benzene rings is 3. The van der Waals surface area contributed by atoms with E-state index in [1.54, 1.807) is 18.2 Å². The van der Waals surface area contributed by atoms with E-state index in [0.29, 0.717) is 32.0 Å². The zero-order chi connectivity index (χ0) is 22.9. The van der Waals surface area contributed by atoms with Gasteiger partial charge in [0.1, 0.15) is 0 Å². The third-order valence-electron chi connectivity index (χ3n) is 5.25. The van der Waals surface area contributed by atoms with Crippen LogP contribution in [0.25, 0.3) is 33.4 Å². The zero-order valence-corrected chi connectivity index (χ0v) is 19.8. The van der Waals surface area contributed by atoms with E-state index >= 15 is 0 Å². The molecule has 2 heterocycles. The van der Waals surface area contributed by atoms with E-state index in [4.69, 9.17) is 28.2 Å². The Bertz CT molecular complexity index is 1500. The molecule has 0 saturated heterocycles. The number of pyridine rings is 1. The van der Waals surface area contributed by atoms with E-state index in [1.807, 2.05) is 66.9 Å². The van der Waals surface area contributed by atoms with Crippen molar-refractivity contribution in [2.75, 3.05) is 5.32 Å². The Morgan fingerprint density at radius 3 is 2.39 bits per heavy atom. The third-order valence-corrected chi connectivity index (χ3v) is 6.74. The summed E-state index contributed by atoms with van der Waals surface area (Å²) in [4.78, 5) is 22.6. The number of aromatic nitrogens is 2. The molecule has 0 aliphatic carbocycles. The van der Waals surface area contributed by atoms with Gasteiger partial charge < -0.3 is 0 Å². The highest BCUT2D eigenvalue weighted by Gasteiger charge is 2.16. The van der Waals surface area contributed by atoms with Crippen LogP contribution in [0.2, 0.25) is 10.0 Å². The average molecular weight is 490 g/mol. The molecule has 0 radical (unpaired) electrons. The highest BCUT2D eigenvalue weighted by Crippen LogP contribution is 2.31. The monoisotopic (exact) mass is 489 g/mol. The van der Waals surface area contributed by atoms with Crippen molar-refractivity contribution in [1.82, 2.24) is 9.97 Å². The van der Waals surface area contributed by atoms with Crippen LogP contribution < -0.4 is 5.32 Å². The van der Waals surface area contributed by atoms with Crippen LogP contribution in [0.15, 0.2) is 78.2 Å². The maximum atomic E-state index is 13.3. The lowest BCUT2D eigenvalue weighted by Gasteiger charge is -2.10. The zero-order valence-electron chi connectivity index (χ0n) is 17.5. The first-order chi connectivity index (χ1) is 16.0. The second-order valence-corrected chi connectivity index (χ2v) is 9.23. The fraction of sp³-hybridized carbons (Fsp3) is 0.0385. The molecule has 33 heavy (non-hydrogen) atoms. The topological polar surface area (TPSA) is 54.9 Å². The molecule has 0 atom stereocenters. The maximum absolute atomic E-state index is 13.3. The number of hydrogen-bond donors (Lipinski definition) is 1. The van der Waals surface area contributed by atoms with Crippen LogP contribution in [0.4, 0.5) is 5.13 Å². The summed E-state index contributed by atoms with van der Waals surface area (Å²) >= 11 is 13.7. The van der Waals surface area contributed by atoms with E-state index in [0.717, 1.165) is 22.2 Å². The van der Waals surface area contributed by atoms with Gasteiger partial charge in [0.25, 0.3) is 5.91 Å². The largest absolute Gasteiger partial charge is 0.298 e. The molecular weight excluding hydrogens is 473 g/mol. The van der Waals surface area contributed by atoms with E-state index < -0.39 is 0 Å². The molecule has 2 aromatic heterocycles. The molecule has 1 N–H and O–H groups in total. The molecule has 0 unspecified atom stereocenters. The van der Waals surface area contributed by atoms with Crippen LogP contribution in [-0.4, -0.2) is 15.9 Å². The summed E-state index contributed by atoms with van der Waals surface area (Å²) in [6.07, 6.45) is 0. The summed E-state index contributed by atoms with van der Waals surface area (Å²) in [5.41, 5.74) is 5.65. The SMILES string of the molecule is Cc1ccc(-c2csc(NC(=O)c3cc(-c4ccc(Cl)c(Cl)c4)nc4ccccc34)n2)cc1. The molecular formula is C26H17Cl2N3OS. The average Bonchev–Trinajstić information content (AvgIpc) is 3.29. The van der Waals surface area contributed by atoms with Gasteiger partial charge in [0.15, 0.2) is 5.13 Å². The first-order valence-corrected chi connectivity index (χ1v) is 11.8. The molecule has 0 spiro atoms. The van der Waals surface area contributed by atoms with Crippen LogP contribution >= 0.6 is 34.5 Å². The quantitative estimate of drug-likeness (QED) is 0.279. The van der Waals surface area contributed by atoms with Gasteiger partial charge in [0.05, 0.1) is 32.5 Å². The number of hydrogen-bond acceptors (Lipinski definition) is 4. The number of halogens is 2. The lowest BCUT2D eigenvalue weighted by molar-refractivity contribution is 0.102. The van der Waals surface area contributed by atoms with E-state index in [-0.39, 0.29) is 5.91 Å². The number of thiazole rings is 1. The summed E-state index contributed by atoms with van der Waals surface area (Å²) in [6, 6.07) is 22.8. The Morgan fingerprint density at radius 1 is 0.848 bits per heavy atom. The summed E-state index contributed by atoms with van der Waals surface area (Å²) in [7, 11) is 0. The van der Waals surface area contributed by atoms with Gasteiger partial charge in [-0.25, -0.2) is 9.97 Å². The summed E-state index contributed by atoms with van der Waals surface area (Å²) in [6.45, 7) is 2.04. The van der Waals surface area contributed by atoms with Gasteiger partial charge in [-0.05, 0) is 31.2 Å². The normalized spacial score (nSPS) is 11.0. The van der Waals surface area contributed by atoms with Crippen LogP contribution in [0.5, 0.6) is 0 Å². The fourth-order valence-electron chi connectivity index (χ4n) is 3.52. The summed E-state index contributed by atoms with van der Waals surface area (Å²) in [5.74, 6) is -0.250. The first-order valence-electron chi connectivity index (χ1n) is 10.2. The molecule has 0 aliphatic heterocycles. The second kappa shape index (κ2) is 8.94. The van der Waals surface area contributed by atoms with Crippen LogP contribution in [0.1, 0.15) is 15.9 Å². The Hall–Kier alpha value is -3.25. The van der Waals surface area contributed by atoms with Crippen molar-refractivity contribution in [3.05, 3.63) is 99.3 Å². The predicted molar refractivity (Wildman–Crippen MR) is 137 cm³/mol. The molecule has 0 aliphatic rings. The molecule has 5 aromatic rings. The molecule has 0 fully saturated rings. The van der Waals surface area contributed by atoms with Crippen molar-refractivity contribution in [1.29, 1.82) is 0 Å². The van der Waals surface area contributed by atoms with Crippen molar-refractivity contribution in [2.24, 2.45) is 0 Å². The van der Waals surface area contributed by atoms with Crippen molar-refractivity contribution >= 4 is 56.5 Å². The minimum atomic E-state index is -0.250. The molecule has 7 heteroatoms. The van der Waals surface area contributed by atoms with Gasteiger partial charge in [-0.15, -0.1) is 11.3 Å². The number of anilines is 1. The number of fused-ring (bicyclic) bond motifs is 1. The molecule has 1 amide bonds. The standard InChI is InChI=1S/C26H17Cl2N3OS/c1-15-6-8-16(9-7-15)24-14-33-26(30-24)31-25(32)19-13-23(17-10-11-20(27)21(28)12-17)29-22-5-3-2-4-18(19)22/h2-14H,1H3,(H,30,31,32). The predicted octanol–water partition coefficient (Wildman–Crippen LogP) is 7.89. The highest BCUT2D eigenvalue weighted by atomic mass is 35.5. The summed E-state index contributed by atoms with van der Waals surface area (Å²) in [5, 5.41) is 7.07. The number of nitrogens with zero attached hydrogens (tertiary/aromatic N) is 2. The molecule has 4 nitrogen and oxygen atoms in total. The highest BCUT2D eigenvalue weighted by molar-refractivity contribution is 7.14. The van der Waals surface area contributed by atoms with Gasteiger partial charge in [0.2, 0.25) is 0 Å². The number of amides is 1. The van der Waals surface area contributed by atoms with Crippen LogP contribution in [-0.2, 0) is 0 Å². The molecule has 5 rings (SSSR count).